The number of nitrogens with zero attached hydrogens (tertiary/aromatic N) is 1. The zero-order valence-corrected chi connectivity index (χ0v) is 14.3. The van der Waals surface area contributed by atoms with Crippen LogP contribution in [0.15, 0.2) is 27.5 Å². The topological polar surface area (TPSA) is 92.2 Å². The third kappa shape index (κ3) is 3.43. The number of hydrogen-bond acceptors (Lipinski definition) is 5. The number of ether oxygens (including phenoxy) is 2. The van der Waals surface area contributed by atoms with Crippen molar-refractivity contribution in [3.63, 3.8) is 0 Å². The van der Waals surface area contributed by atoms with Gasteiger partial charge >= 0.3 is 5.97 Å². The normalized spacial score (nSPS) is 10.0. The van der Waals surface area contributed by atoms with Gasteiger partial charge in [0.05, 0.1) is 11.6 Å². The number of esters is 1. The van der Waals surface area contributed by atoms with E-state index in [-0.39, 0.29) is 11.3 Å². The van der Waals surface area contributed by atoms with Gasteiger partial charge in [0.25, 0.3) is 5.56 Å². The lowest BCUT2D eigenvalue weighted by molar-refractivity contribution is -0.132. The van der Waals surface area contributed by atoms with Crippen LogP contribution < -0.4 is 15.0 Å². The Bertz CT molecular complexity index is 881. The van der Waals surface area contributed by atoms with E-state index in [0.717, 1.165) is 0 Å². The summed E-state index contributed by atoms with van der Waals surface area (Å²) >= 11 is 3.32. The average molecular weight is 377 g/mol. The number of nitrogens with one attached hydrogen (secondary N) is 1. The van der Waals surface area contributed by atoms with Gasteiger partial charge in [0, 0.05) is 18.2 Å². The largest absolute Gasteiger partial charge is 0.493 e. The number of aromatic amines is 1. The Morgan fingerprint density at radius 3 is 2.61 bits per heavy atom. The Morgan fingerprint density at radius 1 is 1.35 bits per heavy atom. The van der Waals surface area contributed by atoms with Crippen molar-refractivity contribution in [2.24, 2.45) is 0 Å². The van der Waals surface area contributed by atoms with E-state index in [1.54, 1.807) is 25.1 Å². The molecule has 0 bridgehead atoms. The van der Waals surface area contributed by atoms with Crippen molar-refractivity contribution in [1.29, 1.82) is 5.26 Å². The van der Waals surface area contributed by atoms with Crippen LogP contribution in [0.1, 0.15) is 18.2 Å². The van der Waals surface area contributed by atoms with Crippen LogP contribution in [0.2, 0.25) is 0 Å². The molecule has 2 rings (SSSR count). The number of aryl methyl sites for hydroxylation is 1. The quantitative estimate of drug-likeness (QED) is 0.656. The molecule has 7 heteroatoms. The predicted molar refractivity (Wildman–Crippen MR) is 87.5 cm³/mol. The third-order valence-electron chi connectivity index (χ3n) is 3.07. The van der Waals surface area contributed by atoms with E-state index < -0.39 is 11.5 Å². The van der Waals surface area contributed by atoms with Crippen LogP contribution in [0.4, 0.5) is 0 Å². The van der Waals surface area contributed by atoms with Gasteiger partial charge in [0.1, 0.15) is 11.6 Å². The summed E-state index contributed by atoms with van der Waals surface area (Å²) in [5, 5.41) is 9.24. The van der Waals surface area contributed by atoms with Gasteiger partial charge in [-0.3, -0.25) is 9.59 Å². The van der Waals surface area contributed by atoms with Gasteiger partial charge in [-0.15, -0.1) is 0 Å². The van der Waals surface area contributed by atoms with Gasteiger partial charge in [-0.25, -0.2) is 0 Å². The second-order valence-electron chi connectivity index (χ2n) is 4.77. The fraction of sp³-hybridized carbons (Fsp3) is 0.188. The van der Waals surface area contributed by atoms with Crippen molar-refractivity contribution in [2.75, 3.05) is 7.11 Å². The molecule has 0 unspecified atom stereocenters. The Hall–Kier alpha value is -2.59. The molecule has 0 aliphatic rings. The summed E-state index contributed by atoms with van der Waals surface area (Å²) in [4.78, 5) is 25.7. The number of aromatic nitrogens is 1. The van der Waals surface area contributed by atoms with Gasteiger partial charge in [-0.2, -0.15) is 5.26 Å². The molecule has 0 atom stereocenters. The summed E-state index contributed by atoms with van der Waals surface area (Å²) in [6.45, 7) is 3.01. The van der Waals surface area contributed by atoms with Crippen molar-refractivity contribution in [2.45, 2.75) is 13.8 Å². The maximum Gasteiger partial charge on any atom is 0.308 e. The Balaban J connectivity index is 2.72. The summed E-state index contributed by atoms with van der Waals surface area (Å²) in [6.07, 6.45) is 0. The molecule has 0 aliphatic heterocycles. The van der Waals surface area contributed by atoms with E-state index in [1.807, 2.05) is 6.07 Å². The molecule has 0 aliphatic carbocycles. The Kier molecular flexibility index (Phi) is 4.86. The molecule has 2 aromatic rings. The minimum absolute atomic E-state index is 0.00443. The van der Waals surface area contributed by atoms with Crippen LogP contribution in [0, 0.1) is 18.3 Å². The van der Waals surface area contributed by atoms with E-state index in [4.69, 9.17) is 9.47 Å². The van der Waals surface area contributed by atoms with E-state index in [0.29, 0.717) is 27.0 Å². The lowest BCUT2D eigenvalue weighted by Crippen LogP contribution is -2.12. The highest BCUT2D eigenvalue weighted by atomic mass is 79.9. The van der Waals surface area contributed by atoms with E-state index in [2.05, 4.69) is 20.9 Å². The summed E-state index contributed by atoms with van der Waals surface area (Å²) < 4.78 is 10.8. The molecule has 118 valence electrons. The van der Waals surface area contributed by atoms with Crippen molar-refractivity contribution < 1.29 is 14.3 Å². The van der Waals surface area contributed by atoms with E-state index in [1.165, 1.54) is 14.0 Å². The SMILES string of the molecule is COc1cc(-c2cc(C)[nH]c(=O)c2C#N)cc(Br)c1OC(C)=O. The van der Waals surface area contributed by atoms with Gasteiger partial charge in [-0.1, -0.05) is 0 Å². The molecule has 0 fully saturated rings. The summed E-state index contributed by atoms with van der Waals surface area (Å²) in [6, 6.07) is 6.88. The fourth-order valence-corrected chi connectivity index (χ4v) is 2.67. The molecule has 1 aromatic carbocycles. The highest BCUT2D eigenvalue weighted by molar-refractivity contribution is 9.10. The number of methoxy groups -OCH3 is 1. The van der Waals surface area contributed by atoms with Gasteiger partial charge in [0.15, 0.2) is 11.5 Å². The number of benzene rings is 1. The van der Waals surface area contributed by atoms with Crippen LogP contribution in [0.3, 0.4) is 0 Å². The molecular formula is C16H13BrN2O4. The van der Waals surface area contributed by atoms with Gasteiger partial charge in [-0.05, 0) is 46.6 Å². The molecule has 0 saturated heterocycles. The minimum atomic E-state index is -0.485. The first-order chi connectivity index (χ1) is 10.9. The van der Waals surface area contributed by atoms with Crippen LogP contribution in [-0.4, -0.2) is 18.1 Å². The number of carbonyl (C=O) groups is 1. The van der Waals surface area contributed by atoms with E-state index in [9.17, 15) is 14.9 Å². The number of pyridine rings is 1. The molecule has 1 aromatic heterocycles. The molecule has 0 saturated carbocycles. The molecule has 6 nitrogen and oxygen atoms in total. The maximum atomic E-state index is 11.9. The fourth-order valence-electron chi connectivity index (χ4n) is 2.15. The highest BCUT2D eigenvalue weighted by Crippen LogP contribution is 2.40. The molecule has 0 spiro atoms. The number of nitriles is 1. The summed E-state index contributed by atoms with van der Waals surface area (Å²) in [7, 11) is 1.44. The van der Waals surface area contributed by atoms with Crippen LogP contribution in [0.25, 0.3) is 11.1 Å². The lowest BCUT2D eigenvalue weighted by atomic mass is 10.0. The molecule has 0 radical (unpaired) electrons. The Morgan fingerprint density at radius 2 is 2.04 bits per heavy atom. The first-order valence-corrected chi connectivity index (χ1v) is 7.37. The molecular weight excluding hydrogens is 364 g/mol. The lowest BCUT2D eigenvalue weighted by Gasteiger charge is -2.13. The van der Waals surface area contributed by atoms with Gasteiger partial charge < -0.3 is 14.5 Å². The first-order valence-electron chi connectivity index (χ1n) is 6.57. The second-order valence-corrected chi connectivity index (χ2v) is 5.62. The second kappa shape index (κ2) is 6.67. The summed E-state index contributed by atoms with van der Waals surface area (Å²) in [5.41, 5.74) is 1.24. The Labute approximate surface area is 140 Å². The molecule has 23 heavy (non-hydrogen) atoms. The highest BCUT2D eigenvalue weighted by Gasteiger charge is 2.17. The standard InChI is InChI=1S/C16H13BrN2O4/c1-8-4-11(12(7-18)16(21)19-8)10-5-13(17)15(23-9(2)20)14(6-10)22-3/h4-6H,1-3H3,(H,19,21). The van der Waals surface area contributed by atoms with Crippen LogP contribution in [0.5, 0.6) is 11.5 Å². The van der Waals surface area contributed by atoms with Crippen LogP contribution in [-0.2, 0) is 4.79 Å². The van der Waals surface area contributed by atoms with Gasteiger partial charge in [0.2, 0.25) is 0 Å². The number of rotatable bonds is 3. The third-order valence-corrected chi connectivity index (χ3v) is 3.66. The first kappa shape index (κ1) is 16.8. The van der Waals surface area contributed by atoms with Crippen molar-refractivity contribution in [3.8, 4) is 28.7 Å². The number of hydrogen-bond donors (Lipinski definition) is 1. The number of halogens is 1. The minimum Gasteiger partial charge on any atom is -0.493 e. The molecule has 1 heterocycles. The zero-order chi connectivity index (χ0) is 17.1. The average Bonchev–Trinajstić information content (AvgIpc) is 2.48. The number of carbonyl (C=O) groups excluding carboxylic acids is 1. The predicted octanol–water partition coefficient (Wildman–Crippen LogP) is 2.92. The van der Waals surface area contributed by atoms with E-state index >= 15 is 0 Å². The monoisotopic (exact) mass is 376 g/mol. The summed E-state index contributed by atoms with van der Waals surface area (Å²) in [5.74, 6) is 0.0664. The molecule has 1 N–H and O–H groups in total. The van der Waals surface area contributed by atoms with Crippen molar-refractivity contribution >= 4 is 21.9 Å². The molecule has 0 amide bonds. The van der Waals surface area contributed by atoms with Crippen LogP contribution >= 0.6 is 15.9 Å². The zero-order valence-electron chi connectivity index (χ0n) is 12.7. The maximum absolute atomic E-state index is 11.9. The number of H-pyrrole nitrogens is 1. The van der Waals surface area contributed by atoms with Crippen molar-refractivity contribution in [1.82, 2.24) is 4.98 Å². The van der Waals surface area contributed by atoms with Crippen molar-refractivity contribution in [3.05, 3.63) is 44.3 Å². The smallest absolute Gasteiger partial charge is 0.308 e.